The number of carboxylic acids is 2. The number of carboxylic acid groups (broad SMARTS) is 2. The van der Waals surface area contributed by atoms with Gasteiger partial charge in [-0.15, -0.1) is 0 Å². The van der Waals surface area contributed by atoms with Crippen LogP contribution in [0.4, 0.5) is 0 Å². The third-order valence-corrected chi connectivity index (χ3v) is 2.15. The van der Waals surface area contributed by atoms with Crippen LogP contribution in [0.15, 0.2) is 0 Å². The highest BCUT2D eigenvalue weighted by Gasteiger charge is 2.30. The van der Waals surface area contributed by atoms with E-state index in [0.29, 0.717) is 0 Å². The first-order valence-corrected chi connectivity index (χ1v) is 5.24. The predicted molar refractivity (Wildman–Crippen MR) is 60.3 cm³/mol. The van der Waals surface area contributed by atoms with Crippen LogP contribution < -0.4 is 5.73 Å². The highest BCUT2D eigenvalue weighted by molar-refractivity contribution is 5.68. The molecule has 0 amide bonds. The van der Waals surface area contributed by atoms with E-state index < -0.39 is 30.6 Å². The van der Waals surface area contributed by atoms with Gasteiger partial charge in [-0.25, -0.2) is 9.59 Å². The summed E-state index contributed by atoms with van der Waals surface area (Å²) in [6, 6.07) is 0. The first-order valence-electron chi connectivity index (χ1n) is 5.24. The van der Waals surface area contributed by atoms with E-state index in [0.717, 1.165) is 0 Å². The fraction of sp³-hybridized carbons (Fsp3) is 0.800. The molecule has 8 heteroatoms. The van der Waals surface area contributed by atoms with Gasteiger partial charge >= 0.3 is 11.9 Å². The Bertz CT molecular complexity index is 249. The summed E-state index contributed by atoms with van der Waals surface area (Å²) in [6.45, 7) is -0.565. The number of ether oxygens (including phenoxy) is 3. The van der Waals surface area contributed by atoms with Crippen molar-refractivity contribution in [3.8, 4) is 0 Å². The summed E-state index contributed by atoms with van der Waals surface area (Å²) in [5, 5.41) is 16.9. The first kappa shape index (κ1) is 16.8. The normalized spacial score (nSPS) is 11.4. The molecule has 0 fully saturated rings. The van der Waals surface area contributed by atoms with Gasteiger partial charge in [0.1, 0.15) is 13.2 Å². The third kappa shape index (κ3) is 7.17. The molecule has 0 aromatic rings. The minimum absolute atomic E-state index is 0.0171. The van der Waals surface area contributed by atoms with Crippen molar-refractivity contribution in [2.75, 3.05) is 46.7 Å². The quantitative estimate of drug-likeness (QED) is 0.424. The summed E-state index contributed by atoms with van der Waals surface area (Å²) in [7, 11) is 1.46. The number of aliphatic carboxylic acids is 2. The van der Waals surface area contributed by atoms with Crippen LogP contribution in [-0.4, -0.2) is 68.8 Å². The molecular formula is C10H19NO7. The second-order valence-electron chi connectivity index (χ2n) is 3.91. The molecular weight excluding hydrogens is 246 g/mol. The second-order valence-corrected chi connectivity index (χ2v) is 3.91. The van der Waals surface area contributed by atoms with Crippen molar-refractivity contribution in [3.63, 3.8) is 0 Å². The van der Waals surface area contributed by atoms with Gasteiger partial charge in [-0.05, 0) is 0 Å². The molecule has 0 rings (SSSR count). The van der Waals surface area contributed by atoms with Crippen molar-refractivity contribution >= 4 is 11.9 Å². The standard InChI is InChI=1S/C10H19NO7/c1-16-5-10(4-11,6-17-2-8(12)13)7-18-3-9(14)15/h2-7,11H2,1H3,(H,12,13)(H,14,15). The molecule has 0 bridgehead atoms. The molecule has 0 spiro atoms. The van der Waals surface area contributed by atoms with E-state index in [1.807, 2.05) is 0 Å². The predicted octanol–water partition coefficient (Wildman–Crippen LogP) is -1.22. The lowest BCUT2D eigenvalue weighted by atomic mass is 9.91. The maximum atomic E-state index is 10.3. The van der Waals surface area contributed by atoms with Gasteiger partial charge in [0.2, 0.25) is 0 Å². The Morgan fingerprint density at radius 2 is 1.50 bits per heavy atom. The third-order valence-electron chi connectivity index (χ3n) is 2.15. The molecule has 106 valence electrons. The Balaban J connectivity index is 4.30. The number of methoxy groups -OCH3 is 1. The number of rotatable bonds is 11. The minimum Gasteiger partial charge on any atom is -0.480 e. The number of carbonyl (C=O) groups is 2. The lowest BCUT2D eigenvalue weighted by Crippen LogP contribution is -2.44. The molecule has 0 unspecified atom stereocenters. The molecule has 0 aliphatic heterocycles. The molecule has 4 N–H and O–H groups in total. The average Bonchev–Trinajstić information content (AvgIpc) is 2.28. The fourth-order valence-electron chi connectivity index (χ4n) is 1.32. The summed E-state index contributed by atoms with van der Waals surface area (Å²) in [5.74, 6) is -2.19. The highest BCUT2D eigenvalue weighted by Crippen LogP contribution is 2.17. The average molecular weight is 265 g/mol. The van der Waals surface area contributed by atoms with E-state index in [1.165, 1.54) is 7.11 Å². The van der Waals surface area contributed by atoms with E-state index in [4.69, 9.17) is 30.2 Å². The summed E-state index contributed by atoms with van der Waals surface area (Å²) < 4.78 is 14.9. The molecule has 0 aromatic heterocycles. The molecule has 0 saturated carbocycles. The molecule has 0 aliphatic carbocycles. The molecule has 0 atom stereocenters. The fourth-order valence-corrected chi connectivity index (χ4v) is 1.32. The zero-order valence-corrected chi connectivity index (χ0v) is 10.3. The van der Waals surface area contributed by atoms with Crippen LogP contribution in [0.5, 0.6) is 0 Å². The Kier molecular flexibility index (Phi) is 8.21. The maximum Gasteiger partial charge on any atom is 0.329 e. The number of hydrogen-bond acceptors (Lipinski definition) is 6. The van der Waals surface area contributed by atoms with Crippen LogP contribution in [0.1, 0.15) is 0 Å². The van der Waals surface area contributed by atoms with Gasteiger partial charge in [-0.1, -0.05) is 0 Å². The Morgan fingerprint density at radius 3 is 1.78 bits per heavy atom. The molecule has 0 saturated heterocycles. The maximum absolute atomic E-state index is 10.3. The van der Waals surface area contributed by atoms with Crippen molar-refractivity contribution in [2.45, 2.75) is 0 Å². The Morgan fingerprint density at radius 1 is 1.06 bits per heavy atom. The monoisotopic (exact) mass is 265 g/mol. The zero-order valence-electron chi connectivity index (χ0n) is 10.3. The topological polar surface area (TPSA) is 128 Å². The van der Waals surface area contributed by atoms with Crippen LogP contribution in [-0.2, 0) is 23.8 Å². The molecule has 0 aromatic carbocycles. The van der Waals surface area contributed by atoms with Gasteiger partial charge < -0.3 is 30.2 Å². The largest absolute Gasteiger partial charge is 0.480 e. The lowest BCUT2D eigenvalue weighted by molar-refractivity contribution is -0.147. The smallest absolute Gasteiger partial charge is 0.329 e. The van der Waals surface area contributed by atoms with Gasteiger partial charge in [0, 0.05) is 13.7 Å². The summed E-state index contributed by atoms with van der Waals surface area (Å²) in [4.78, 5) is 20.7. The Labute approximate surface area is 105 Å². The van der Waals surface area contributed by atoms with Crippen molar-refractivity contribution in [1.29, 1.82) is 0 Å². The lowest BCUT2D eigenvalue weighted by Gasteiger charge is -2.30. The van der Waals surface area contributed by atoms with Crippen LogP contribution >= 0.6 is 0 Å². The molecule has 0 aliphatic rings. The van der Waals surface area contributed by atoms with E-state index in [2.05, 4.69) is 0 Å². The van der Waals surface area contributed by atoms with Gasteiger partial charge in [0.25, 0.3) is 0 Å². The van der Waals surface area contributed by atoms with Crippen LogP contribution in [0.3, 0.4) is 0 Å². The van der Waals surface area contributed by atoms with E-state index in [-0.39, 0.29) is 26.4 Å². The first-order chi connectivity index (χ1) is 8.45. The number of hydrogen-bond donors (Lipinski definition) is 3. The van der Waals surface area contributed by atoms with Gasteiger partial charge in [0.15, 0.2) is 0 Å². The summed E-state index contributed by atoms with van der Waals surface area (Å²) >= 11 is 0. The minimum atomic E-state index is -1.09. The van der Waals surface area contributed by atoms with Crippen LogP contribution in [0.25, 0.3) is 0 Å². The SMILES string of the molecule is COCC(CN)(COCC(=O)O)COCC(=O)O. The van der Waals surface area contributed by atoms with Crippen molar-refractivity contribution < 1.29 is 34.0 Å². The molecule has 8 nitrogen and oxygen atoms in total. The van der Waals surface area contributed by atoms with Crippen molar-refractivity contribution in [2.24, 2.45) is 11.1 Å². The molecule has 0 heterocycles. The van der Waals surface area contributed by atoms with Crippen LogP contribution in [0, 0.1) is 5.41 Å². The molecule has 18 heavy (non-hydrogen) atoms. The van der Waals surface area contributed by atoms with E-state index in [1.54, 1.807) is 0 Å². The van der Waals surface area contributed by atoms with Gasteiger partial charge in [0.05, 0.1) is 25.2 Å². The summed E-state index contributed by atoms with van der Waals surface area (Å²) in [5.41, 5.74) is 4.84. The van der Waals surface area contributed by atoms with Crippen molar-refractivity contribution in [3.05, 3.63) is 0 Å². The van der Waals surface area contributed by atoms with Gasteiger partial charge in [-0.2, -0.15) is 0 Å². The number of nitrogens with two attached hydrogens (primary N) is 1. The summed E-state index contributed by atoms with van der Waals surface area (Å²) in [6.07, 6.45) is 0. The van der Waals surface area contributed by atoms with Crippen molar-refractivity contribution in [1.82, 2.24) is 0 Å². The van der Waals surface area contributed by atoms with E-state index >= 15 is 0 Å². The van der Waals surface area contributed by atoms with Gasteiger partial charge in [-0.3, -0.25) is 0 Å². The zero-order chi connectivity index (χ0) is 14.0. The van der Waals surface area contributed by atoms with Crippen LogP contribution in [0.2, 0.25) is 0 Å². The van der Waals surface area contributed by atoms with E-state index in [9.17, 15) is 9.59 Å². The second kappa shape index (κ2) is 8.81. The highest BCUT2D eigenvalue weighted by atomic mass is 16.5. The molecule has 0 radical (unpaired) electrons. The Hall–Kier alpha value is -1.22.